The molecule has 39 heavy (non-hydrogen) atoms. The lowest BCUT2D eigenvalue weighted by Gasteiger charge is -2.27. The van der Waals surface area contributed by atoms with Gasteiger partial charge in [-0.1, -0.05) is 0 Å². The molecule has 0 amide bonds. The minimum absolute atomic E-state index is 0.0105. The summed E-state index contributed by atoms with van der Waals surface area (Å²) in [6.45, 7) is 2.39. The van der Waals surface area contributed by atoms with Gasteiger partial charge in [0.1, 0.15) is 11.4 Å². The highest BCUT2D eigenvalue weighted by molar-refractivity contribution is 5.94. The number of ether oxygens (including phenoxy) is 1. The third-order valence-corrected chi connectivity index (χ3v) is 5.45. The lowest BCUT2D eigenvalue weighted by Crippen LogP contribution is -2.37. The number of carbonyl (C=O) groups is 1. The predicted molar refractivity (Wildman–Crippen MR) is 127 cm³/mol. The second kappa shape index (κ2) is 12.4. The molecule has 3 aromatic rings. The number of aromatic nitrogens is 2. The molecule has 0 bridgehead atoms. The maximum absolute atomic E-state index is 13.1. The van der Waals surface area contributed by atoms with Crippen molar-refractivity contribution in [3.63, 3.8) is 0 Å². The highest BCUT2D eigenvalue weighted by Crippen LogP contribution is 2.36. The Hall–Kier alpha value is -3.78. The zero-order valence-corrected chi connectivity index (χ0v) is 20.4. The summed E-state index contributed by atoms with van der Waals surface area (Å²) in [4.78, 5) is 21.8. The van der Waals surface area contributed by atoms with Gasteiger partial charge < -0.3 is 20.1 Å². The number of hydrogen-bond donors (Lipinski definition) is 2. The molecular weight excluding hydrogens is 537 g/mol. The van der Waals surface area contributed by atoms with E-state index < -0.39 is 29.4 Å². The Morgan fingerprint density at radius 3 is 2.05 bits per heavy atom. The first-order valence-corrected chi connectivity index (χ1v) is 11.4. The summed E-state index contributed by atoms with van der Waals surface area (Å²) in [5.41, 5.74) is -1.84. The number of halogens is 7. The minimum atomic E-state index is -4.79. The van der Waals surface area contributed by atoms with Gasteiger partial charge in [-0.05, 0) is 55.1 Å². The second-order valence-corrected chi connectivity index (χ2v) is 8.29. The van der Waals surface area contributed by atoms with Crippen molar-refractivity contribution in [2.45, 2.75) is 18.9 Å². The molecule has 0 unspecified atom stereocenters. The molecule has 1 saturated heterocycles. The number of morpholine rings is 1. The average Bonchev–Trinajstić information content (AvgIpc) is 2.89. The molecule has 0 radical (unpaired) electrons. The molecule has 1 fully saturated rings. The Morgan fingerprint density at radius 2 is 1.56 bits per heavy atom. The van der Waals surface area contributed by atoms with E-state index >= 15 is 0 Å². The van der Waals surface area contributed by atoms with E-state index in [1.807, 2.05) is 4.90 Å². The van der Waals surface area contributed by atoms with E-state index in [2.05, 4.69) is 15.3 Å². The van der Waals surface area contributed by atoms with Crippen LogP contribution in [-0.4, -0.2) is 54.4 Å². The Balaban J connectivity index is 0.000000224. The molecule has 1 aliphatic rings. The number of aromatic carboxylic acids is 1. The van der Waals surface area contributed by atoms with E-state index in [1.54, 1.807) is 0 Å². The van der Waals surface area contributed by atoms with Gasteiger partial charge in [0.2, 0.25) is 5.95 Å². The smallest absolute Gasteiger partial charge is 0.416 e. The Labute approximate surface area is 218 Å². The molecule has 0 saturated carbocycles. The molecular formula is C25H23F7N4O3. The van der Waals surface area contributed by atoms with Gasteiger partial charge >= 0.3 is 18.3 Å². The van der Waals surface area contributed by atoms with Gasteiger partial charge in [0.25, 0.3) is 0 Å². The van der Waals surface area contributed by atoms with Crippen LogP contribution in [0.1, 0.15) is 27.0 Å². The molecule has 0 aliphatic carbocycles. The maximum atomic E-state index is 13.1. The van der Waals surface area contributed by atoms with Crippen LogP contribution in [0, 0.1) is 5.82 Å². The van der Waals surface area contributed by atoms with E-state index in [0.717, 1.165) is 0 Å². The second-order valence-electron chi connectivity index (χ2n) is 8.29. The van der Waals surface area contributed by atoms with Crippen molar-refractivity contribution in [3.05, 3.63) is 76.7 Å². The zero-order chi connectivity index (χ0) is 28.8. The number of carboxylic acid groups (broad SMARTS) is 1. The quantitative estimate of drug-likeness (QED) is 0.412. The highest BCUT2D eigenvalue weighted by atomic mass is 19.4. The van der Waals surface area contributed by atoms with Crippen LogP contribution in [0.25, 0.3) is 11.3 Å². The van der Waals surface area contributed by atoms with Crippen LogP contribution in [0.4, 0.5) is 36.7 Å². The van der Waals surface area contributed by atoms with Gasteiger partial charge in [-0.3, -0.25) is 0 Å². The predicted octanol–water partition coefficient (Wildman–Crippen LogP) is 5.26. The summed E-state index contributed by atoms with van der Waals surface area (Å²) in [7, 11) is 1.44. The van der Waals surface area contributed by atoms with Gasteiger partial charge in [0, 0.05) is 31.4 Å². The molecule has 2 N–H and O–H groups in total. The SMILES string of the molecule is CNCc1cc(C(F)(F)F)cc(C(F)(F)F)c1.O=C(O)c1cnc(N2CCOCC2)nc1-c1ccc(F)cc1. The monoisotopic (exact) mass is 560 g/mol. The van der Waals surface area contributed by atoms with Gasteiger partial charge in [-0.25, -0.2) is 19.2 Å². The number of anilines is 1. The van der Waals surface area contributed by atoms with Crippen LogP contribution >= 0.6 is 0 Å². The number of alkyl halides is 6. The van der Waals surface area contributed by atoms with Crippen molar-refractivity contribution in [2.24, 2.45) is 0 Å². The van der Waals surface area contributed by atoms with E-state index in [4.69, 9.17) is 4.74 Å². The summed E-state index contributed by atoms with van der Waals surface area (Å²) >= 11 is 0. The summed E-state index contributed by atoms with van der Waals surface area (Å²) < 4.78 is 92.7. The fourth-order valence-electron chi connectivity index (χ4n) is 3.60. The number of nitrogens with one attached hydrogen (secondary N) is 1. The van der Waals surface area contributed by atoms with E-state index in [1.165, 1.54) is 37.5 Å². The minimum Gasteiger partial charge on any atom is -0.478 e. The highest BCUT2D eigenvalue weighted by Gasteiger charge is 2.36. The fraction of sp³-hybridized carbons (Fsp3) is 0.320. The number of hydrogen-bond acceptors (Lipinski definition) is 6. The number of rotatable bonds is 5. The summed E-state index contributed by atoms with van der Waals surface area (Å²) in [6, 6.07) is 7.08. The number of nitrogens with zero attached hydrogens (tertiary/aromatic N) is 3. The van der Waals surface area contributed by atoms with Gasteiger partial charge in [-0.2, -0.15) is 26.3 Å². The lowest BCUT2D eigenvalue weighted by molar-refractivity contribution is -0.143. The van der Waals surface area contributed by atoms with Crippen LogP contribution in [0.15, 0.2) is 48.7 Å². The first-order chi connectivity index (χ1) is 18.3. The maximum Gasteiger partial charge on any atom is 0.416 e. The average molecular weight is 560 g/mol. The molecule has 0 spiro atoms. The number of carboxylic acids is 1. The van der Waals surface area contributed by atoms with Crippen molar-refractivity contribution in [1.29, 1.82) is 0 Å². The van der Waals surface area contributed by atoms with Crippen molar-refractivity contribution in [2.75, 3.05) is 38.3 Å². The molecule has 0 atom stereocenters. The van der Waals surface area contributed by atoms with Gasteiger partial charge in [-0.15, -0.1) is 0 Å². The summed E-state index contributed by atoms with van der Waals surface area (Å²) in [6.07, 6.45) is -8.29. The van der Waals surface area contributed by atoms with Crippen LogP contribution in [0.3, 0.4) is 0 Å². The standard InChI is InChI=1S/C15H14FN3O3.C10H9F6N/c16-11-3-1-10(2-4-11)13-12(14(20)21)9-17-15(18-13)19-5-7-22-8-6-19;1-17-5-6-2-7(9(11,12)13)4-8(3-6)10(14,15)16/h1-4,9H,5-8H2,(H,20,21);2-4,17H,5H2,1H3. The molecule has 2 aromatic carbocycles. The van der Waals surface area contributed by atoms with Crippen LogP contribution in [0.5, 0.6) is 0 Å². The van der Waals surface area contributed by atoms with Crippen LogP contribution in [0.2, 0.25) is 0 Å². The Kier molecular flexibility index (Phi) is 9.45. The third-order valence-electron chi connectivity index (χ3n) is 5.45. The number of benzene rings is 2. The van der Waals surface area contributed by atoms with Crippen molar-refractivity contribution in [1.82, 2.24) is 15.3 Å². The Bertz CT molecular complexity index is 1240. The van der Waals surface area contributed by atoms with E-state index in [0.29, 0.717) is 49.9 Å². The normalized spacial score (nSPS) is 14.0. The molecule has 4 rings (SSSR count). The molecule has 2 heterocycles. The zero-order valence-electron chi connectivity index (χ0n) is 20.4. The molecule has 7 nitrogen and oxygen atoms in total. The van der Waals surface area contributed by atoms with Crippen molar-refractivity contribution < 1.29 is 45.4 Å². The van der Waals surface area contributed by atoms with Gasteiger partial charge in [0.15, 0.2) is 0 Å². The molecule has 210 valence electrons. The molecule has 1 aliphatic heterocycles. The first-order valence-electron chi connectivity index (χ1n) is 11.4. The van der Waals surface area contributed by atoms with Crippen molar-refractivity contribution >= 4 is 11.9 Å². The van der Waals surface area contributed by atoms with Crippen molar-refractivity contribution in [3.8, 4) is 11.3 Å². The summed E-state index contributed by atoms with van der Waals surface area (Å²) in [5.74, 6) is -1.05. The van der Waals surface area contributed by atoms with Gasteiger partial charge in [0.05, 0.1) is 30.0 Å². The topological polar surface area (TPSA) is 87.6 Å². The van der Waals surface area contributed by atoms with Crippen LogP contribution < -0.4 is 10.2 Å². The fourth-order valence-corrected chi connectivity index (χ4v) is 3.60. The third kappa shape index (κ3) is 8.10. The summed E-state index contributed by atoms with van der Waals surface area (Å²) in [5, 5.41) is 11.8. The molecule has 14 heteroatoms. The lowest BCUT2D eigenvalue weighted by atomic mass is 10.0. The largest absolute Gasteiger partial charge is 0.478 e. The molecule has 1 aromatic heterocycles. The van der Waals surface area contributed by atoms with E-state index in [-0.39, 0.29) is 35.2 Å². The van der Waals surface area contributed by atoms with Crippen LogP contribution in [-0.2, 0) is 23.6 Å². The van der Waals surface area contributed by atoms with E-state index in [9.17, 15) is 40.6 Å². The first kappa shape index (κ1) is 29.8. The Morgan fingerprint density at radius 1 is 1.00 bits per heavy atom.